The SMILES string of the molecule is C=C(B1OC(C)(C)C(C)(C)O1)[C@@H]1CC2CCCC([C@@H]1F)N2C(=O)OC(C)(C)C. The molecule has 4 atom stereocenters. The molecule has 28 heavy (non-hydrogen) atoms. The molecular weight excluding hydrogens is 360 g/mol. The average Bonchev–Trinajstić information content (AvgIpc) is 2.76. The number of nitrogens with zero attached hydrogens (tertiary/aromatic N) is 1. The van der Waals surface area contributed by atoms with Crippen molar-refractivity contribution in [2.24, 2.45) is 5.92 Å². The highest BCUT2D eigenvalue weighted by atomic mass is 19.1. The summed E-state index contributed by atoms with van der Waals surface area (Å²) in [5, 5.41) is 0. The maximum absolute atomic E-state index is 15.6. The molecule has 0 spiro atoms. The van der Waals surface area contributed by atoms with E-state index in [0.717, 1.165) is 12.8 Å². The van der Waals surface area contributed by atoms with E-state index in [-0.39, 0.29) is 12.0 Å². The highest BCUT2D eigenvalue weighted by Crippen LogP contribution is 2.45. The van der Waals surface area contributed by atoms with E-state index in [1.165, 1.54) is 0 Å². The van der Waals surface area contributed by atoms with Crippen molar-refractivity contribution in [1.82, 2.24) is 4.90 Å². The topological polar surface area (TPSA) is 48.0 Å². The Morgan fingerprint density at radius 2 is 1.75 bits per heavy atom. The Morgan fingerprint density at radius 3 is 2.29 bits per heavy atom. The lowest BCUT2D eigenvalue weighted by Crippen LogP contribution is -2.61. The quantitative estimate of drug-likeness (QED) is 0.637. The third kappa shape index (κ3) is 3.84. The molecule has 0 radical (unpaired) electrons. The van der Waals surface area contributed by atoms with Gasteiger partial charge >= 0.3 is 13.2 Å². The average molecular weight is 395 g/mol. The molecule has 1 amide bonds. The van der Waals surface area contributed by atoms with Gasteiger partial charge in [-0.15, -0.1) is 6.58 Å². The fourth-order valence-corrected chi connectivity index (χ4v) is 4.47. The summed E-state index contributed by atoms with van der Waals surface area (Å²) in [5.41, 5.74) is -0.925. The Labute approximate surface area is 169 Å². The molecule has 3 fully saturated rings. The molecule has 3 heterocycles. The zero-order chi connectivity index (χ0) is 21.1. The monoisotopic (exact) mass is 395 g/mol. The lowest BCUT2D eigenvalue weighted by molar-refractivity contribution is -0.0532. The molecular formula is C21H35BFNO4. The first kappa shape index (κ1) is 21.6. The molecule has 3 aliphatic heterocycles. The van der Waals surface area contributed by atoms with Gasteiger partial charge in [0.25, 0.3) is 0 Å². The minimum absolute atomic E-state index is 0.0372. The number of piperidine rings is 2. The van der Waals surface area contributed by atoms with Gasteiger partial charge in [-0.1, -0.05) is 0 Å². The minimum atomic E-state index is -1.20. The summed E-state index contributed by atoms with van der Waals surface area (Å²) < 4.78 is 33.4. The smallest absolute Gasteiger partial charge is 0.444 e. The fourth-order valence-electron chi connectivity index (χ4n) is 4.47. The van der Waals surface area contributed by atoms with Crippen LogP contribution in [0.2, 0.25) is 0 Å². The maximum Gasteiger partial charge on any atom is 0.490 e. The number of halogens is 1. The van der Waals surface area contributed by atoms with Crippen LogP contribution in [0.1, 0.15) is 74.1 Å². The first-order valence-corrected chi connectivity index (χ1v) is 10.4. The molecule has 2 unspecified atom stereocenters. The Hall–Kier alpha value is -1.08. The number of amides is 1. The van der Waals surface area contributed by atoms with Gasteiger partial charge in [0.1, 0.15) is 11.8 Å². The second-order valence-corrected chi connectivity index (χ2v) is 10.5. The van der Waals surface area contributed by atoms with Crippen molar-refractivity contribution in [2.75, 3.05) is 0 Å². The molecule has 5 nitrogen and oxygen atoms in total. The van der Waals surface area contributed by atoms with Crippen molar-refractivity contribution >= 4 is 13.2 Å². The summed E-state index contributed by atoms with van der Waals surface area (Å²) in [4.78, 5) is 14.4. The van der Waals surface area contributed by atoms with E-state index >= 15 is 4.39 Å². The molecule has 0 aliphatic carbocycles. The number of hydrogen-bond donors (Lipinski definition) is 0. The van der Waals surface area contributed by atoms with Crippen molar-refractivity contribution in [3.05, 3.63) is 12.1 Å². The predicted octanol–water partition coefficient (Wildman–Crippen LogP) is 4.69. The number of fused-ring (bicyclic) bond motifs is 2. The van der Waals surface area contributed by atoms with E-state index in [2.05, 4.69) is 6.58 Å². The van der Waals surface area contributed by atoms with E-state index in [4.69, 9.17) is 14.0 Å². The summed E-state index contributed by atoms with van der Waals surface area (Å²) in [6.45, 7) is 17.6. The van der Waals surface area contributed by atoms with Crippen molar-refractivity contribution in [2.45, 2.75) is 109 Å². The van der Waals surface area contributed by atoms with Crippen LogP contribution in [-0.2, 0) is 14.0 Å². The highest BCUT2D eigenvalue weighted by molar-refractivity contribution is 6.54. The third-order valence-electron chi connectivity index (χ3n) is 6.70. The van der Waals surface area contributed by atoms with Crippen LogP contribution in [0.5, 0.6) is 0 Å². The second kappa shape index (κ2) is 7.01. The van der Waals surface area contributed by atoms with Gasteiger partial charge in [0.05, 0.1) is 17.2 Å². The summed E-state index contributed by atoms with van der Waals surface area (Å²) in [7, 11) is -0.623. The normalized spacial score (nSPS) is 34.3. The zero-order valence-electron chi connectivity index (χ0n) is 18.4. The molecule has 0 aromatic rings. The number of rotatable bonds is 2. The fraction of sp³-hybridized carbons (Fsp3) is 0.857. The van der Waals surface area contributed by atoms with Gasteiger partial charge in [-0.25, -0.2) is 9.18 Å². The molecule has 3 saturated heterocycles. The summed E-state index contributed by atoms with van der Waals surface area (Å²) in [5.74, 6) is -0.385. The van der Waals surface area contributed by atoms with Crippen LogP contribution < -0.4 is 0 Å². The number of alkyl halides is 1. The lowest BCUT2D eigenvalue weighted by Gasteiger charge is -2.50. The van der Waals surface area contributed by atoms with Gasteiger partial charge in [0, 0.05) is 12.0 Å². The van der Waals surface area contributed by atoms with E-state index in [9.17, 15) is 4.79 Å². The number of allylic oxidation sites excluding steroid dienone is 1. The van der Waals surface area contributed by atoms with Crippen LogP contribution in [0, 0.1) is 5.92 Å². The Balaban J connectivity index is 1.77. The van der Waals surface area contributed by atoms with Crippen molar-refractivity contribution in [3.8, 4) is 0 Å². The lowest BCUT2D eigenvalue weighted by atomic mass is 9.64. The molecule has 0 aromatic carbocycles. The standard InChI is InChI=1S/C21H35BFNO4/c1-13(22-27-20(5,6)21(7,8)28-22)15-12-14-10-9-11-16(17(15)23)24(14)18(25)26-19(2,3)4/h14-17H,1,9-12H2,2-8H3/t14?,15-,16?,17+/m0/s1. The first-order chi connectivity index (χ1) is 12.7. The van der Waals surface area contributed by atoms with Gasteiger partial charge in [-0.3, -0.25) is 4.90 Å². The van der Waals surface area contributed by atoms with Crippen LogP contribution in [0.3, 0.4) is 0 Å². The van der Waals surface area contributed by atoms with E-state index in [1.807, 2.05) is 48.5 Å². The zero-order valence-corrected chi connectivity index (χ0v) is 18.4. The van der Waals surface area contributed by atoms with Gasteiger partial charge in [0.15, 0.2) is 0 Å². The van der Waals surface area contributed by atoms with Crippen LogP contribution in [0.4, 0.5) is 9.18 Å². The third-order valence-corrected chi connectivity index (χ3v) is 6.70. The number of hydrogen-bond acceptors (Lipinski definition) is 4. The van der Waals surface area contributed by atoms with E-state index < -0.39 is 42.2 Å². The van der Waals surface area contributed by atoms with Gasteiger partial charge < -0.3 is 14.0 Å². The summed E-state index contributed by atoms with van der Waals surface area (Å²) in [6, 6.07) is -0.517. The van der Waals surface area contributed by atoms with E-state index in [1.54, 1.807) is 4.90 Å². The Morgan fingerprint density at radius 1 is 1.18 bits per heavy atom. The Kier molecular flexibility index (Phi) is 5.42. The van der Waals surface area contributed by atoms with Crippen LogP contribution in [0.15, 0.2) is 12.1 Å². The summed E-state index contributed by atoms with van der Waals surface area (Å²) >= 11 is 0. The Bertz CT molecular complexity index is 629. The van der Waals surface area contributed by atoms with Crippen LogP contribution in [-0.4, -0.2) is 53.2 Å². The predicted molar refractivity (Wildman–Crippen MR) is 108 cm³/mol. The van der Waals surface area contributed by atoms with Crippen LogP contribution >= 0.6 is 0 Å². The summed E-state index contributed by atoms with van der Waals surface area (Å²) in [6.07, 6.45) is 1.34. The first-order valence-electron chi connectivity index (χ1n) is 10.4. The number of ether oxygens (including phenoxy) is 1. The highest BCUT2D eigenvalue weighted by Gasteiger charge is 2.56. The largest absolute Gasteiger partial charge is 0.490 e. The van der Waals surface area contributed by atoms with Gasteiger partial charge in [0.2, 0.25) is 0 Å². The minimum Gasteiger partial charge on any atom is -0.444 e. The number of carbonyl (C=O) groups excluding carboxylic acids is 1. The molecule has 7 heteroatoms. The molecule has 0 N–H and O–H groups in total. The van der Waals surface area contributed by atoms with Crippen molar-refractivity contribution < 1.29 is 23.2 Å². The number of carbonyl (C=O) groups is 1. The van der Waals surface area contributed by atoms with Crippen molar-refractivity contribution in [3.63, 3.8) is 0 Å². The molecule has 0 saturated carbocycles. The molecule has 158 valence electrons. The molecule has 3 aliphatic rings. The van der Waals surface area contributed by atoms with Crippen LogP contribution in [0.25, 0.3) is 0 Å². The molecule has 2 bridgehead atoms. The maximum atomic E-state index is 15.6. The van der Waals surface area contributed by atoms with Gasteiger partial charge in [-0.05, 0) is 79.6 Å². The molecule has 3 rings (SSSR count). The molecule has 0 aromatic heterocycles. The van der Waals surface area contributed by atoms with E-state index in [0.29, 0.717) is 18.3 Å². The van der Waals surface area contributed by atoms with Crippen molar-refractivity contribution in [1.29, 1.82) is 0 Å². The second-order valence-electron chi connectivity index (χ2n) is 10.5. The van der Waals surface area contributed by atoms with Gasteiger partial charge in [-0.2, -0.15) is 0 Å².